The molecule has 24 heavy (non-hydrogen) atoms. The van der Waals surface area contributed by atoms with Crippen molar-refractivity contribution in [1.82, 2.24) is 0 Å². The van der Waals surface area contributed by atoms with Crippen LogP contribution >= 0.6 is 0 Å². The van der Waals surface area contributed by atoms with Crippen LogP contribution in [0.2, 0.25) is 0 Å². The van der Waals surface area contributed by atoms with Crippen molar-refractivity contribution in [3.05, 3.63) is 35.4 Å². The van der Waals surface area contributed by atoms with Crippen LogP contribution in [0, 0.1) is 17.6 Å². The summed E-state index contributed by atoms with van der Waals surface area (Å²) in [6.45, 7) is 4.64. The topological polar surface area (TPSA) is 52.3 Å². The maximum Gasteiger partial charge on any atom is 0.323 e. The Labute approximate surface area is 143 Å². The maximum absolute atomic E-state index is 13.2. The number of carbonyl (C=O) groups is 1. The van der Waals surface area contributed by atoms with E-state index in [-0.39, 0.29) is 6.42 Å². The highest BCUT2D eigenvalue weighted by atomic mass is 19.1. The Morgan fingerprint density at radius 3 is 2.12 bits per heavy atom. The molecule has 0 aromatic heterocycles. The Morgan fingerprint density at radius 2 is 1.62 bits per heavy atom. The van der Waals surface area contributed by atoms with Crippen LogP contribution in [0.3, 0.4) is 0 Å². The average molecular weight is 341 g/mol. The molecule has 0 fully saturated rings. The van der Waals surface area contributed by atoms with Crippen LogP contribution in [0.15, 0.2) is 18.2 Å². The third-order valence-corrected chi connectivity index (χ3v) is 4.07. The molecule has 0 heterocycles. The summed E-state index contributed by atoms with van der Waals surface area (Å²) in [6, 6.07) is 2.24. The van der Waals surface area contributed by atoms with Crippen molar-refractivity contribution in [1.29, 1.82) is 0 Å². The minimum absolute atomic E-state index is 0.0576. The van der Waals surface area contributed by atoms with E-state index in [1.807, 2.05) is 0 Å². The molecule has 0 saturated heterocycles. The number of carbonyl (C=O) groups excluding carboxylic acids is 1. The molecule has 0 amide bonds. The Balaban J connectivity index is 2.49. The molecule has 0 aliphatic heterocycles. The highest BCUT2D eigenvalue weighted by Gasteiger charge is 2.18. The van der Waals surface area contributed by atoms with E-state index in [4.69, 9.17) is 10.5 Å². The van der Waals surface area contributed by atoms with E-state index in [1.54, 1.807) is 0 Å². The molecule has 136 valence electrons. The first kappa shape index (κ1) is 20.6. The quantitative estimate of drug-likeness (QED) is 0.608. The molecular formula is C19H29F2NO2. The molecule has 5 heteroatoms. The van der Waals surface area contributed by atoms with Crippen LogP contribution < -0.4 is 5.73 Å². The monoisotopic (exact) mass is 341 g/mol. The fourth-order valence-electron chi connectivity index (χ4n) is 2.67. The van der Waals surface area contributed by atoms with Crippen molar-refractivity contribution in [3.63, 3.8) is 0 Å². The highest BCUT2D eigenvalue weighted by molar-refractivity contribution is 5.75. The van der Waals surface area contributed by atoms with Gasteiger partial charge in [-0.3, -0.25) is 4.79 Å². The molecule has 1 rings (SSSR count). The number of ether oxygens (including phenoxy) is 1. The van der Waals surface area contributed by atoms with Crippen molar-refractivity contribution in [2.24, 2.45) is 11.7 Å². The zero-order chi connectivity index (χ0) is 17.9. The van der Waals surface area contributed by atoms with Gasteiger partial charge in [0.2, 0.25) is 0 Å². The third-order valence-electron chi connectivity index (χ3n) is 4.07. The molecule has 0 bridgehead atoms. The van der Waals surface area contributed by atoms with E-state index in [0.717, 1.165) is 44.6 Å². The normalized spacial score (nSPS) is 12.4. The Kier molecular flexibility index (Phi) is 9.53. The average Bonchev–Trinajstić information content (AvgIpc) is 2.52. The maximum atomic E-state index is 13.2. The number of hydrogen-bond acceptors (Lipinski definition) is 3. The summed E-state index contributed by atoms with van der Waals surface area (Å²) in [5.41, 5.74) is 6.17. The molecule has 1 aromatic rings. The smallest absolute Gasteiger partial charge is 0.323 e. The van der Waals surface area contributed by atoms with Gasteiger partial charge in [0.25, 0.3) is 0 Å². The van der Waals surface area contributed by atoms with E-state index in [0.29, 0.717) is 18.1 Å². The van der Waals surface area contributed by atoms with Gasteiger partial charge in [0, 0.05) is 6.07 Å². The minimum Gasteiger partial charge on any atom is -0.464 e. The number of rotatable bonds is 11. The van der Waals surface area contributed by atoms with Gasteiger partial charge < -0.3 is 10.5 Å². The number of esters is 1. The number of benzene rings is 1. The van der Waals surface area contributed by atoms with Gasteiger partial charge in [-0.25, -0.2) is 8.78 Å². The van der Waals surface area contributed by atoms with Gasteiger partial charge in [-0.2, -0.15) is 0 Å². The van der Waals surface area contributed by atoms with Crippen molar-refractivity contribution >= 4 is 5.97 Å². The molecule has 1 aromatic carbocycles. The molecule has 3 nitrogen and oxygen atoms in total. The van der Waals surface area contributed by atoms with Crippen LogP contribution in [0.4, 0.5) is 8.78 Å². The number of unbranched alkanes of at least 4 members (excludes halogenated alkanes) is 2. The van der Waals surface area contributed by atoms with Crippen molar-refractivity contribution < 1.29 is 18.3 Å². The molecule has 0 radical (unpaired) electrons. The largest absolute Gasteiger partial charge is 0.464 e. The number of halogens is 2. The van der Waals surface area contributed by atoms with Gasteiger partial charge in [0.15, 0.2) is 0 Å². The van der Waals surface area contributed by atoms with E-state index in [9.17, 15) is 13.6 Å². The van der Waals surface area contributed by atoms with Crippen LogP contribution in [-0.4, -0.2) is 18.6 Å². The van der Waals surface area contributed by atoms with E-state index >= 15 is 0 Å². The third kappa shape index (κ3) is 7.86. The summed E-state index contributed by atoms with van der Waals surface area (Å²) >= 11 is 0. The first-order valence-corrected chi connectivity index (χ1v) is 8.83. The zero-order valence-corrected chi connectivity index (χ0v) is 14.7. The molecule has 0 spiro atoms. The van der Waals surface area contributed by atoms with Gasteiger partial charge in [-0.15, -0.1) is 0 Å². The molecule has 0 aliphatic carbocycles. The molecule has 0 aliphatic rings. The van der Waals surface area contributed by atoms with Crippen LogP contribution in [-0.2, 0) is 16.0 Å². The van der Waals surface area contributed by atoms with Gasteiger partial charge >= 0.3 is 5.97 Å². The summed E-state index contributed by atoms with van der Waals surface area (Å²) in [6.07, 6.45) is 6.58. The van der Waals surface area contributed by atoms with E-state index < -0.39 is 23.6 Å². The second-order valence-corrected chi connectivity index (χ2v) is 6.37. The summed E-state index contributed by atoms with van der Waals surface area (Å²) in [5.74, 6) is -1.51. The summed E-state index contributed by atoms with van der Waals surface area (Å²) in [4.78, 5) is 12.0. The van der Waals surface area contributed by atoms with Crippen LogP contribution in [0.25, 0.3) is 0 Å². The van der Waals surface area contributed by atoms with Crippen molar-refractivity contribution in [2.45, 2.75) is 64.8 Å². The predicted octanol–water partition coefficient (Wildman–Crippen LogP) is 4.37. The summed E-state index contributed by atoms with van der Waals surface area (Å²) in [7, 11) is 0. The van der Waals surface area contributed by atoms with E-state index in [1.165, 1.54) is 12.1 Å². The zero-order valence-electron chi connectivity index (χ0n) is 14.7. The lowest BCUT2D eigenvalue weighted by Gasteiger charge is -2.18. The lowest BCUT2D eigenvalue weighted by Crippen LogP contribution is -2.35. The fourth-order valence-corrected chi connectivity index (χ4v) is 2.67. The van der Waals surface area contributed by atoms with E-state index in [2.05, 4.69) is 13.8 Å². The first-order valence-electron chi connectivity index (χ1n) is 8.83. The molecule has 1 atom stereocenters. The molecular weight excluding hydrogens is 312 g/mol. The Hall–Kier alpha value is -1.49. The minimum atomic E-state index is -0.913. The van der Waals surface area contributed by atoms with Gasteiger partial charge in [-0.05, 0) is 42.9 Å². The van der Waals surface area contributed by atoms with Crippen LogP contribution in [0.1, 0.15) is 57.9 Å². The number of nitrogens with two attached hydrogens (primary N) is 1. The second-order valence-electron chi connectivity index (χ2n) is 6.37. The molecule has 0 saturated carbocycles. The molecule has 0 unspecified atom stereocenters. The lowest BCUT2D eigenvalue weighted by atomic mass is 9.97. The van der Waals surface area contributed by atoms with Crippen molar-refractivity contribution in [3.8, 4) is 0 Å². The fraction of sp³-hybridized carbons (Fsp3) is 0.632. The summed E-state index contributed by atoms with van der Waals surface area (Å²) in [5, 5.41) is 0. The highest BCUT2D eigenvalue weighted by Crippen LogP contribution is 2.17. The lowest BCUT2D eigenvalue weighted by molar-refractivity contribution is -0.146. The molecule has 2 N–H and O–H groups in total. The second kappa shape index (κ2) is 11.1. The predicted molar refractivity (Wildman–Crippen MR) is 91.5 cm³/mol. The van der Waals surface area contributed by atoms with Gasteiger partial charge in [-0.1, -0.05) is 39.5 Å². The van der Waals surface area contributed by atoms with Crippen LogP contribution in [0.5, 0.6) is 0 Å². The SMILES string of the molecule is CCCCC(CCCC)COC(=O)[C@@H](N)Cc1cc(F)cc(F)c1. The number of hydrogen-bond donors (Lipinski definition) is 1. The standard InChI is InChI=1S/C19H29F2NO2/c1-3-5-7-14(8-6-4-2)13-24-19(23)18(22)11-15-9-16(20)12-17(21)10-15/h9-10,12,14,18H,3-8,11,13,22H2,1-2H3/t18-/m0/s1. The van der Waals surface area contributed by atoms with Gasteiger partial charge in [0.1, 0.15) is 17.7 Å². The first-order chi connectivity index (χ1) is 11.5. The Morgan fingerprint density at radius 1 is 1.08 bits per heavy atom. The van der Waals surface area contributed by atoms with Gasteiger partial charge in [0.05, 0.1) is 6.61 Å². The Bertz CT molecular complexity index is 480. The summed E-state index contributed by atoms with van der Waals surface area (Å²) < 4.78 is 31.7. The van der Waals surface area contributed by atoms with Crippen molar-refractivity contribution in [2.75, 3.05) is 6.61 Å².